The molecule has 1 atom stereocenters. The van der Waals surface area contributed by atoms with E-state index in [4.69, 9.17) is 14.4 Å². The molecule has 1 saturated heterocycles. The van der Waals surface area contributed by atoms with Crippen LogP contribution in [0.4, 0.5) is 0 Å². The Bertz CT molecular complexity index is 331. The standard InChI is InChI=1S/C7H9N3O4/c11-7(12)5-9-6(14-10-5)4-3-8-1-2-13-4/h4,8H,1-3H2,(H,11,12). The van der Waals surface area contributed by atoms with Gasteiger partial charge >= 0.3 is 5.97 Å². The first kappa shape index (κ1) is 9.10. The van der Waals surface area contributed by atoms with E-state index in [0.717, 1.165) is 6.54 Å². The van der Waals surface area contributed by atoms with Gasteiger partial charge in [-0.15, -0.1) is 0 Å². The Balaban J connectivity index is 2.11. The molecule has 2 N–H and O–H groups in total. The van der Waals surface area contributed by atoms with E-state index in [-0.39, 0.29) is 17.8 Å². The van der Waals surface area contributed by atoms with E-state index < -0.39 is 5.97 Å². The number of nitrogens with zero attached hydrogens (tertiary/aromatic N) is 2. The molecular weight excluding hydrogens is 190 g/mol. The van der Waals surface area contributed by atoms with Crippen molar-refractivity contribution < 1.29 is 19.2 Å². The monoisotopic (exact) mass is 199 g/mol. The molecule has 14 heavy (non-hydrogen) atoms. The lowest BCUT2D eigenvalue weighted by atomic mass is 10.3. The summed E-state index contributed by atoms with van der Waals surface area (Å²) >= 11 is 0. The first-order chi connectivity index (χ1) is 6.77. The summed E-state index contributed by atoms with van der Waals surface area (Å²) < 4.78 is 10.1. The van der Waals surface area contributed by atoms with Crippen molar-refractivity contribution in [1.82, 2.24) is 15.5 Å². The molecule has 7 heteroatoms. The minimum atomic E-state index is -1.20. The lowest BCUT2D eigenvalue weighted by molar-refractivity contribution is 0.00755. The summed E-state index contributed by atoms with van der Waals surface area (Å²) in [6.07, 6.45) is -0.343. The highest BCUT2D eigenvalue weighted by atomic mass is 16.5. The van der Waals surface area contributed by atoms with Crippen LogP contribution >= 0.6 is 0 Å². The lowest BCUT2D eigenvalue weighted by Crippen LogP contribution is -2.33. The molecule has 7 nitrogen and oxygen atoms in total. The topological polar surface area (TPSA) is 97.5 Å². The van der Waals surface area contributed by atoms with Crippen molar-refractivity contribution in [1.29, 1.82) is 0 Å². The zero-order valence-corrected chi connectivity index (χ0v) is 7.27. The van der Waals surface area contributed by atoms with Gasteiger partial charge in [-0.05, 0) is 5.16 Å². The van der Waals surface area contributed by atoms with Crippen molar-refractivity contribution in [3.05, 3.63) is 11.7 Å². The summed E-state index contributed by atoms with van der Waals surface area (Å²) in [5.74, 6) is -1.34. The molecular formula is C7H9N3O4. The summed E-state index contributed by atoms with van der Waals surface area (Å²) in [5.41, 5.74) is 0. The van der Waals surface area contributed by atoms with Crippen LogP contribution in [0.25, 0.3) is 0 Å². The van der Waals surface area contributed by atoms with Crippen molar-refractivity contribution in [3.8, 4) is 0 Å². The number of rotatable bonds is 2. The molecule has 0 radical (unpaired) electrons. The van der Waals surface area contributed by atoms with Gasteiger partial charge in [0.05, 0.1) is 6.61 Å². The van der Waals surface area contributed by atoms with E-state index in [1.54, 1.807) is 0 Å². The zero-order valence-electron chi connectivity index (χ0n) is 7.27. The molecule has 0 spiro atoms. The minimum Gasteiger partial charge on any atom is -0.475 e. The SMILES string of the molecule is O=C(O)c1noc(C2CNCCO2)n1. The molecule has 1 aromatic rings. The van der Waals surface area contributed by atoms with E-state index >= 15 is 0 Å². The first-order valence-corrected chi connectivity index (χ1v) is 4.16. The van der Waals surface area contributed by atoms with Gasteiger partial charge in [-0.1, -0.05) is 0 Å². The number of aromatic carboxylic acids is 1. The van der Waals surface area contributed by atoms with Gasteiger partial charge in [0.1, 0.15) is 6.10 Å². The van der Waals surface area contributed by atoms with Crippen molar-refractivity contribution in [2.75, 3.05) is 19.7 Å². The van der Waals surface area contributed by atoms with Crippen molar-refractivity contribution in [2.45, 2.75) is 6.10 Å². The molecule has 0 amide bonds. The Morgan fingerprint density at radius 1 is 1.64 bits per heavy atom. The molecule has 1 aliphatic heterocycles. The van der Waals surface area contributed by atoms with Gasteiger partial charge in [0.25, 0.3) is 11.7 Å². The maximum absolute atomic E-state index is 10.5. The van der Waals surface area contributed by atoms with E-state index in [0.29, 0.717) is 13.2 Å². The second-order valence-corrected chi connectivity index (χ2v) is 2.82. The van der Waals surface area contributed by atoms with Crippen molar-refractivity contribution >= 4 is 5.97 Å². The third-order valence-electron chi connectivity index (χ3n) is 1.84. The predicted molar refractivity (Wildman–Crippen MR) is 42.8 cm³/mol. The van der Waals surface area contributed by atoms with Crippen LogP contribution in [-0.4, -0.2) is 40.9 Å². The summed E-state index contributed by atoms with van der Waals surface area (Å²) in [5, 5.41) is 14.9. The number of hydrogen-bond donors (Lipinski definition) is 2. The quantitative estimate of drug-likeness (QED) is 0.658. The average Bonchev–Trinajstić information content (AvgIpc) is 2.68. The van der Waals surface area contributed by atoms with E-state index in [9.17, 15) is 4.79 Å². The van der Waals surface area contributed by atoms with Crippen LogP contribution in [0, 0.1) is 0 Å². The van der Waals surface area contributed by atoms with Gasteiger partial charge in [-0.25, -0.2) is 4.79 Å². The predicted octanol–water partition coefficient (Wildman–Crippen LogP) is -0.571. The van der Waals surface area contributed by atoms with Crippen LogP contribution in [0.5, 0.6) is 0 Å². The highest BCUT2D eigenvalue weighted by Gasteiger charge is 2.23. The van der Waals surface area contributed by atoms with Crippen LogP contribution in [0.3, 0.4) is 0 Å². The Labute approximate surface area is 79.1 Å². The Hall–Kier alpha value is -1.47. The number of carbonyl (C=O) groups is 1. The minimum absolute atomic E-state index is 0.203. The van der Waals surface area contributed by atoms with E-state index in [2.05, 4.69) is 15.5 Å². The molecule has 2 heterocycles. The number of morpholine rings is 1. The fourth-order valence-electron chi connectivity index (χ4n) is 1.18. The van der Waals surface area contributed by atoms with Crippen molar-refractivity contribution in [3.63, 3.8) is 0 Å². The average molecular weight is 199 g/mol. The van der Waals surface area contributed by atoms with Crippen LogP contribution < -0.4 is 5.32 Å². The summed E-state index contributed by atoms with van der Waals surface area (Å²) in [7, 11) is 0. The number of ether oxygens (including phenoxy) is 1. The van der Waals surface area contributed by atoms with Gasteiger partial charge < -0.3 is 19.7 Å². The first-order valence-electron chi connectivity index (χ1n) is 4.16. The second-order valence-electron chi connectivity index (χ2n) is 2.82. The fourth-order valence-corrected chi connectivity index (χ4v) is 1.18. The fraction of sp³-hybridized carbons (Fsp3) is 0.571. The molecule has 0 bridgehead atoms. The number of hydrogen-bond acceptors (Lipinski definition) is 6. The van der Waals surface area contributed by atoms with Gasteiger partial charge in [0.15, 0.2) is 0 Å². The highest BCUT2D eigenvalue weighted by Crippen LogP contribution is 2.16. The molecule has 1 aromatic heterocycles. The lowest BCUT2D eigenvalue weighted by Gasteiger charge is -2.19. The smallest absolute Gasteiger partial charge is 0.377 e. The second kappa shape index (κ2) is 3.72. The number of nitrogens with one attached hydrogen (secondary N) is 1. The molecule has 1 aliphatic rings. The molecule has 2 rings (SSSR count). The van der Waals surface area contributed by atoms with E-state index in [1.165, 1.54) is 0 Å². The number of carboxylic acid groups (broad SMARTS) is 1. The van der Waals surface area contributed by atoms with Gasteiger partial charge in [-0.3, -0.25) is 0 Å². The van der Waals surface area contributed by atoms with Gasteiger partial charge in [0, 0.05) is 13.1 Å². The summed E-state index contributed by atoms with van der Waals surface area (Å²) in [6, 6.07) is 0. The van der Waals surface area contributed by atoms with Crippen LogP contribution in [0.2, 0.25) is 0 Å². The number of carboxylic acids is 1. The molecule has 76 valence electrons. The van der Waals surface area contributed by atoms with Gasteiger partial charge in [-0.2, -0.15) is 4.98 Å². The Kier molecular flexibility index (Phi) is 2.42. The maximum atomic E-state index is 10.5. The Morgan fingerprint density at radius 3 is 3.07 bits per heavy atom. The Morgan fingerprint density at radius 2 is 2.50 bits per heavy atom. The van der Waals surface area contributed by atoms with Crippen LogP contribution in [0.1, 0.15) is 22.6 Å². The summed E-state index contributed by atoms with van der Waals surface area (Å²) in [6.45, 7) is 1.88. The molecule has 0 saturated carbocycles. The van der Waals surface area contributed by atoms with E-state index in [1.807, 2.05) is 0 Å². The molecule has 1 fully saturated rings. The van der Waals surface area contributed by atoms with Crippen LogP contribution in [-0.2, 0) is 4.74 Å². The van der Waals surface area contributed by atoms with Crippen molar-refractivity contribution in [2.24, 2.45) is 0 Å². The van der Waals surface area contributed by atoms with Gasteiger partial charge in [0.2, 0.25) is 0 Å². The largest absolute Gasteiger partial charge is 0.475 e. The zero-order chi connectivity index (χ0) is 9.97. The maximum Gasteiger partial charge on any atom is 0.377 e. The van der Waals surface area contributed by atoms with Crippen LogP contribution in [0.15, 0.2) is 4.52 Å². The highest BCUT2D eigenvalue weighted by molar-refractivity contribution is 5.82. The molecule has 0 aromatic carbocycles. The third kappa shape index (κ3) is 1.73. The normalized spacial score (nSPS) is 22.1. The molecule has 0 aliphatic carbocycles. The number of aromatic nitrogens is 2. The summed E-state index contributed by atoms with van der Waals surface area (Å²) in [4.78, 5) is 14.1. The third-order valence-corrected chi connectivity index (χ3v) is 1.84. The molecule has 1 unspecified atom stereocenters.